The Kier molecular flexibility index (Phi) is 22.2. The van der Waals surface area contributed by atoms with Crippen molar-refractivity contribution < 1.29 is 14.3 Å². The molecule has 0 fully saturated rings. The second-order valence-corrected chi connectivity index (χ2v) is 7.59. The maximum atomic E-state index is 11.3. The van der Waals surface area contributed by atoms with Gasteiger partial charge < -0.3 is 9.47 Å². The molecule has 0 rings (SSSR count). The molecule has 0 atom stereocenters. The molecule has 3 nitrogen and oxygen atoms in total. The van der Waals surface area contributed by atoms with Crippen LogP contribution in [0, 0.1) is 0 Å². The highest BCUT2D eigenvalue weighted by Gasteiger charge is 2.02. The fraction of sp³-hybridized carbons (Fsp3) is 0.875. The highest BCUT2D eigenvalue weighted by atomic mass is 16.7. The van der Waals surface area contributed by atoms with Crippen LogP contribution in [-0.2, 0) is 9.47 Å². The number of unbranched alkanes of at least 4 members (excludes halogenated alkanes) is 14. The first kappa shape index (κ1) is 26.0. The topological polar surface area (TPSA) is 35.5 Å². The minimum absolute atomic E-state index is 0.486. The summed E-state index contributed by atoms with van der Waals surface area (Å²) in [4.78, 5) is 11.3. The van der Waals surface area contributed by atoms with E-state index in [1.807, 2.05) is 0 Å². The zero-order valence-corrected chi connectivity index (χ0v) is 18.3. The van der Waals surface area contributed by atoms with Crippen molar-refractivity contribution in [2.75, 3.05) is 13.2 Å². The summed E-state index contributed by atoms with van der Waals surface area (Å²) in [5, 5.41) is 0. The van der Waals surface area contributed by atoms with E-state index in [4.69, 9.17) is 9.47 Å². The molecule has 160 valence electrons. The van der Waals surface area contributed by atoms with E-state index in [-0.39, 0.29) is 0 Å². The number of carbonyl (C=O) groups is 1. The summed E-state index contributed by atoms with van der Waals surface area (Å²) in [7, 11) is 0. The third-order valence-corrected chi connectivity index (χ3v) is 4.84. The van der Waals surface area contributed by atoms with Crippen molar-refractivity contribution >= 4 is 6.16 Å². The molecule has 0 bridgehead atoms. The highest BCUT2D eigenvalue weighted by molar-refractivity contribution is 5.59. The molecular formula is C24H46O3. The van der Waals surface area contributed by atoms with Gasteiger partial charge in [-0.2, -0.15) is 0 Å². The van der Waals surface area contributed by atoms with E-state index in [1.54, 1.807) is 0 Å². The van der Waals surface area contributed by atoms with Crippen LogP contribution >= 0.6 is 0 Å². The molecule has 0 aliphatic carbocycles. The number of carbonyl (C=O) groups excluding carboxylic acids is 1. The third kappa shape index (κ3) is 23.0. The SMILES string of the molecule is CCCCCCCCC=CCCCCCCCCOC(=O)OCCCCC. The normalized spacial score (nSPS) is 11.2. The summed E-state index contributed by atoms with van der Waals surface area (Å²) in [6.07, 6.45) is 25.4. The zero-order chi connectivity index (χ0) is 19.8. The maximum absolute atomic E-state index is 11.3. The predicted molar refractivity (Wildman–Crippen MR) is 116 cm³/mol. The van der Waals surface area contributed by atoms with E-state index in [9.17, 15) is 4.79 Å². The van der Waals surface area contributed by atoms with Crippen LogP contribution in [-0.4, -0.2) is 19.4 Å². The Hall–Kier alpha value is -0.990. The van der Waals surface area contributed by atoms with Crippen LogP contribution in [0.3, 0.4) is 0 Å². The van der Waals surface area contributed by atoms with Gasteiger partial charge >= 0.3 is 6.16 Å². The molecule has 0 saturated carbocycles. The smallest absolute Gasteiger partial charge is 0.434 e. The molecule has 0 aliphatic rings. The maximum Gasteiger partial charge on any atom is 0.508 e. The Morgan fingerprint density at radius 3 is 1.44 bits per heavy atom. The molecule has 0 heterocycles. The monoisotopic (exact) mass is 382 g/mol. The first-order valence-corrected chi connectivity index (χ1v) is 11.8. The van der Waals surface area contributed by atoms with Crippen LogP contribution in [0.5, 0.6) is 0 Å². The van der Waals surface area contributed by atoms with Crippen LogP contribution in [0.15, 0.2) is 12.2 Å². The first-order valence-electron chi connectivity index (χ1n) is 11.8. The van der Waals surface area contributed by atoms with E-state index in [1.165, 1.54) is 77.0 Å². The lowest BCUT2D eigenvalue weighted by molar-refractivity contribution is 0.0530. The van der Waals surface area contributed by atoms with Crippen molar-refractivity contribution in [2.45, 2.75) is 123 Å². The predicted octanol–water partition coefficient (Wildman–Crippen LogP) is 8.37. The van der Waals surface area contributed by atoms with Crippen molar-refractivity contribution in [3.63, 3.8) is 0 Å². The summed E-state index contributed by atoms with van der Waals surface area (Å²) in [5.41, 5.74) is 0. The Balaban J connectivity index is 3.16. The molecule has 0 spiro atoms. The minimum Gasteiger partial charge on any atom is -0.434 e. The van der Waals surface area contributed by atoms with Gasteiger partial charge in [0.2, 0.25) is 0 Å². The summed E-state index contributed by atoms with van der Waals surface area (Å²) in [6, 6.07) is 0. The highest BCUT2D eigenvalue weighted by Crippen LogP contribution is 2.10. The molecule has 0 saturated heterocycles. The van der Waals surface area contributed by atoms with Crippen molar-refractivity contribution in [3.05, 3.63) is 12.2 Å². The number of hydrogen-bond donors (Lipinski definition) is 0. The standard InChI is InChI=1S/C24H46O3/c1-3-5-7-8-9-10-11-12-13-14-15-16-17-18-19-21-23-27-24(25)26-22-20-6-4-2/h12-13H,3-11,14-23H2,1-2H3. The molecule has 0 aliphatic heterocycles. The Labute approximate surface area is 169 Å². The molecule has 0 aromatic carbocycles. The zero-order valence-electron chi connectivity index (χ0n) is 18.3. The fourth-order valence-corrected chi connectivity index (χ4v) is 3.05. The minimum atomic E-state index is -0.501. The van der Waals surface area contributed by atoms with Crippen molar-refractivity contribution in [1.29, 1.82) is 0 Å². The van der Waals surface area contributed by atoms with E-state index in [2.05, 4.69) is 26.0 Å². The van der Waals surface area contributed by atoms with Gasteiger partial charge in [0.1, 0.15) is 0 Å². The lowest BCUT2D eigenvalue weighted by Crippen LogP contribution is -2.09. The molecule has 0 aromatic heterocycles. The summed E-state index contributed by atoms with van der Waals surface area (Å²) in [6.45, 7) is 5.38. The summed E-state index contributed by atoms with van der Waals surface area (Å²) < 4.78 is 10.1. The second-order valence-electron chi connectivity index (χ2n) is 7.59. The van der Waals surface area contributed by atoms with Crippen molar-refractivity contribution in [1.82, 2.24) is 0 Å². The van der Waals surface area contributed by atoms with Gasteiger partial charge in [-0.15, -0.1) is 0 Å². The molecule has 0 unspecified atom stereocenters. The van der Waals surface area contributed by atoms with Gasteiger partial charge in [-0.25, -0.2) is 4.79 Å². The first-order chi connectivity index (χ1) is 13.3. The number of hydrogen-bond acceptors (Lipinski definition) is 3. The van der Waals surface area contributed by atoms with Gasteiger partial charge in [0, 0.05) is 0 Å². The fourth-order valence-electron chi connectivity index (χ4n) is 3.05. The van der Waals surface area contributed by atoms with Gasteiger partial charge in [-0.3, -0.25) is 0 Å². The van der Waals surface area contributed by atoms with Gasteiger partial charge in [0.05, 0.1) is 13.2 Å². The Morgan fingerprint density at radius 1 is 0.556 bits per heavy atom. The van der Waals surface area contributed by atoms with Crippen LogP contribution < -0.4 is 0 Å². The van der Waals surface area contributed by atoms with Gasteiger partial charge in [-0.1, -0.05) is 96.6 Å². The second kappa shape index (κ2) is 23.0. The molecule has 0 N–H and O–H groups in total. The number of rotatable bonds is 20. The van der Waals surface area contributed by atoms with Crippen molar-refractivity contribution in [2.24, 2.45) is 0 Å². The van der Waals surface area contributed by atoms with E-state index in [0.29, 0.717) is 13.2 Å². The van der Waals surface area contributed by atoms with Crippen LogP contribution in [0.1, 0.15) is 123 Å². The lowest BCUT2D eigenvalue weighted by atomic mass is 10.1. The van der Waals surface area contributed by atoms with Gasteiger partial charge in [0.15, 0.2) is 0 Å². The van der Waals surface area contributed by atoms with E-state index < -0.39 is 6.16 Å². The van der Waals surface area contributed by atoms with Crippen molar-refractivity contribution in [3.8, 4) is 0 Å². The van der Waals surface area contributed by atoms with E-state index >= 15 is 0 Å². The average Bonchev–Trinajstić information content (AvgIpc) is 2.67. The molecule has 0 radical (unpaired) electrons. The molecule has 0 aromatic rings. The van der Waals surface area contributed by atoms with Gasteiger partial charge in [0.25, 0.3) is 0 Å². The molecule has 27 heavy (non-hydrogen) atoms. The lowest BCUT2D eigenvalue weighted by Gasteiger charge is -2.06. The van der Waals surface area contributed by atoms with Gasteiger partial charge in [-0.05, 0) is 38.5 Å². The molecule has 0 amide bonds. The van der Waals surface area contributed by atoms with Crippen LogP contribution in [0.2, 0.25) is 0 Å². The quantitative estimate of drug-likeness (QED) is 0.120. The van der Waals surface area contributed by atoms with E-state index in [0.717, 1.165) is 32.1 Å². The third-order valence-electron chi connectivity index (χ3n) is 4.84. The average molecular weight is 383 g/mol. The number of ether oxygens (including phenoxy) is 2. The summed E-state index contributed by atoms with van der Waals surface area (Å²) in [5.74, 6) is 0. The molecule has 3 heteroatoms. The van der Waals surface area contributed by atoms with Crippen LogP contribution in [0.25, 0.3) is 0 Å². The summed E-state index contributed by atoms with van der Waals surface area (Å²) >= 11 is 0. The molecular weight excluding hydrogens is 336 g/mol. The Bertz CT molecular complexity index is 326. The number of allylic oxidation sites excluding steroid dienone is 2. The Morgan fingerprint density at radius 2 is 0.926 bits per heavy atom. The van der Waals surface area contributed by atoms with Crippen LogP contribution in [0.4, 0.5) is 4.79 Å². The largest absolute Gasteiger partial charge is 0.508 e.